The van der Waals surface area contributed by atoms with Crippen LogP contribution in [0.1, 0.15) is 13.8 Å². The highest BCUT2D eigenvalue weighted by atomic mass is 32.2. The number of methoxy groups -OCH3 is 1. The molecule has 0 bridgehead atoms. The highest BCUT2D eigenvalue weighted by Gasteiger charge is 2.17. The van der Waals surface area contributed by atoms with Gasteiger partial charge in [0, 0.05) is 17.8 Å². The first-order chi connectivity index (χ1) is 13.3. The monoisotopic (exact) mass is 404 g/mol. The van der Waals surface area contributed by atoms with Crippen molar-refractivity contribution in [1.29, 1.82) is 0 Å². The Morgan fingerprint density at radius 1 is 1.14 bits per heavy atom. The van der Waals surface area contributed by atoms with Crippen molar-refractivity contribution in [2.75, 3.05) is 17.7 Å². The number of rotatable bonds is 6. The van der Waals surface area contributed by atoms with Gasteiger partial charge < -0.3 is 19.2 Å². The summed E-state index contributed by atoms with van der Waals surface area (Å²) in [6.45, 7) is 3.98. The summed E-state index contributed by atoms with van der Waals surface area (Å²) in [5, 5.41) is 5.59. The standard InChI is InChI=1S/C18H20N4O5S/c1-11(2)19-12-4-7-14(8-5-12)28(24,25)27-13-6-9-15-16(10-13)21-17(20-15)22-18(23)26-3/h4-11,19H,1-3H3,(H2,20,21,22,23). The maximum Gasteiger partial charge on any atom is 0.413 e. The number of nitrogens with zero attached hydrogens (tertiary/aromatic N) is 1. The van der Waals surface area contributed by atoms with Crippen LogP contribution in [0.25, 0.3) is 11.0 Å². The molecule has 0 aliphatic rings. The summed E-state index contributed by atoms with van der Waals surface area (Å²) < 4.78 is 34.8. The van der Waals surface area contributed by atoms with Gasteiger partial charge in [-0.15, -0.1) is 0 Å². The molecule has 0 fully saturated rings. The molecule has 1 aromatic heterocycles. The van der Waals surface area contributed by atoms with Crippen molar-refractivity contribution in [3.63, 3.8) is 0 Å². The summed E-state index contributed by atoms with van der Waals surface area (Å²) in [6, 6.07) is 11.1. The topological polar surface area (TPSA) is 122 Å². The number of imidazole rings is 1. The van der Waals surface area contributed by atoms with Crippen molar-refractivity contribution >= 4 is 38.9 Å². The maximum absolute atomic E-state index is 12.5. The van der Waals surface area contributed by atoms with Crippen LogP contribution in [0.5, 0.6) is 5.75 Å². The molecule has 3 rings (SSSR count). The SMILES string of the molecule is COC(=O)Nc1nc2ccc(OS(=O)(=O)c3ccc(NC(C)C)cc3)cc2[nH]1. The van der Waals surface area contributed by atoms with E-state index in [1.165, 1.54) is 31.4 Å². The average molecular weight is 404 g/mol. The highest BCUT2D eigenvalue weighted by molar-refractivity contribution is 7.87. The van der Waals surface area contributed by atoms with Crippen molar-refractivity contribution in [3.8, 4) is 5.75 Å². The number of ether oxygens (including phenoxy) is 1. The molecule has 0 saturated carbocycles. The molecular formula is C18H20N4O5S. The summed E-state index contributed by atoms with van der Waals surface area (Å²) in [4.78, 5) is 18.3. The van der Waals surface area contributed by atoms with Gasteiger partial charge in [0.05, 0.1) is 18.1 Å². The summed E-state index contributed by atoms with van der Waals surface area (Å²) in [7, 11) is -2.76. The second-order valence-corrected chi connectivity index (χ2v) is 7.79. The Balaban J connectivity index is 1.79. The van der Waals surface area contributed by atoms with E-state index in [4.69, 9.17) is 4.18 Å². The van der Waals surface area contributed by atoms with E-state index in [1.54, 1.807) is 18.2 Å². The third-order valence-electron chi connectivity index (χ3n) is 3.66. The summed E-state index contributed by atoms with van der Waals surface area (Å²) in [5.41, 5.74) is 1.84. The number of hydrogen-bond donors (Lipinski definition) is 3. The number of aromatic nitrogens is 2. The van der Waals surface area contributed by atoms with Crippen LogP contribution >= 0.6 is 0 Å². The van der Waals surface area contributed by atoms with Crippen molar-refractivity contribution in [2.24, 2.45) is 0 Å². The molecule has 0 aliphatic carbocycles. The average Bonchev–Trinajstić information content (AvgIpc) is 3.02. The van der Waals surface area contributed by atoms with E-state index in [0.717, 1.165) is 5.69 Å². The summed E-state index contributed by atoms with van der Waals surface area (Å²) in [5.74, 6) is 0.292. The Labute approximate surface area is 162 Å². The van der Waals surface area contributed by atoms with Gasteiger partial charge in [-0.2, -0.15) is 8.42 Å². The minimum absolute atomic E-state index is 0.0413. The van der Waals surface area contributed by atoms with Gasteiger partial charge in [0.1, 0.15) is 10.6 Å². The maximum atomic E-state index is 12.5. The second kappa shape index (κ2) is 7.77. The minimum atomic E-state index is -4.00. The lowest BCUT2D eigenvalue weighted by atomic mass is 10.3. The molecule has 0 aliphatic heterocycles. The lowest BCUT2D eigenvalue weighted by Crippen LogP contribution is -2.11. The number of fused-ring (bicyclic) bond motifs is 1. The van der Waals surface area contributed by atoms with Crippen LogP contribution in [0.2, 0.25) is 0 Å². The molecule has 0 spiro atoms. The molecule has 0 unspecified atom stereocenters. The predicted octanol–water partition coefficient (Wildman–Crippen LogP) is 3.33. The van der Waals surface area contributed by atoms with Gasteiger partial charge in [-0.05, 0) is 50.2 Å². The number of benzene rings is 2. The van der Waals surface area contributed by atoms with Gasteiger partial charge in [-0.1, -0.05) is 0 Å². The van der Waals surface area contributed by atoms with Crippen LogP contribution in [0, 0.1) is 0 Å². The molecule has 0 saturated heterocycles. The molecule has 148 valence electrons. The van der Waals surface area contributed by atoms with E-state index in [-0.39, 0.29) is 22.6 Å². The van der Waals surface area contributed by atoms with Gasteiger partial charge in [-0.3, -0.25) is 5.32 Å². The Hall–Kier alpha value is -3.27. The van der Waals surface area contributed by atoms with Gasteiger partial charge in [0.25, 0.3) is 0 Å². The smallest absolute Gasteiger partial charge is 0.413 e. The van der Waals surface area contributed by atoms with E-state index in [1.807, 2.05) is 13.8 Å². The third-order valence-corrected chi connectivity index (χ3v) is 4.92. The lowest BCUT2D eigenvalue weighted by Gasteiger charge is -2.11. The minimum Gasteiger partial charge on any atom is -0.453 e. The van der Waals surface area contributed by atoms with E-state index in [0.29, 0.717) is 11.0 Å². The van der Waals surface area contributed by atoms with E-state index in [2.05, 4.69) is 25.3 Å². The van der Waals surface area contributed by atoms with Crippen LogP contribution in [0.4, 0.5) is 16.4 Å². The molecule has 3 N–H and O–H groups in total. The Bertz CT molecular complexity index is 1090. The fraction of sp³-hybridized carbons (Fsp3) is 0.222. The molecule has 2 aromatic carbocycles. The predicted molar refractivity (Wildman–Crippen MR) is 105 cm³/mol. The van der Waals surface area contributed by atoms with Crippen LogP contribution in [0.3, 0.4) is 0 Å². The normalized spacial score (nSPS) is 11.4. The van der Waals surface area contributed by atoms with Crippen LogP contribution in [-0.2, 0) is 14.9 Å². The first-order valence-corrected chi connectivity index (χ1v) is 9.83. The molecule has 10 heteroatoms. The van der Waals surface area contributed by atoms with Crippen LogP contribution < -0.4 is 14.8 Å². The van der Waals surface area contributed by atoms with Crippen molar-refractivity contribution in [3.05, 3.63) is 42.5 Å². The molecule has 3 aromatic rings. The number of hydrogen-bond acceptors (Lipinski definition) is 7. The number of H-pyrrole nitrogens is 1. The fourth-order valence-electron chi connectivity index (χ4n) is 2.47. The van der Waals surface area contributed by atoms with E-state index >= 15 is 0 Å². The number of carbonyl (C=O) groups excluding carboxylic acids is 1. The number of aromatic amines is 1. The number of anilines is 2. The van der Waals surface area contributed by atoms with Gasteiger partial charge in [-0.25, -0.2) is 9.78 Å². The largest absolute Gasteiger partial charge is 0.453 e. The zero-order valence-corrected chi connectivity index (χ0v) is 16.3. The second-order valence-electron chi connectivity index (χ2n) is 6.24. The first kappa shape index (κ1) is 19.5. The van der Waals surface area contributed by atoms with Crippen LogP contribution in [-0.4, -0.2) is 37.6 Å². The van der Waals surface area contributed by atoms with E-state index in [9.17, 15) is 13.2 Å². The summed E-state index contributed by atoms with van der Waals surface area (Å²) >= 11 is 0. The van der Waals surface area contributed by atoms with Crippen molar-refractivity contribution < 1.29 is 22.1 Å². The Kier molecular flexibility index (Phi) is 5.41. The molecular weight excluding hydrogens is 384 g/mol. The van der Waals surface area contributed by atoms with Gasteiger partial charge in [0.2, 0.25) is 5.95 Å². The third kappa shape index (κ3) is 4.52. The molecule has 1 heterocycles. The number of carbonyl (C=O) groups is 1. The number of amides is 1. The Morgan fingerprint density at radius 2 is 1.86 bits per heavy atom. The van der Waals surface area contributed by atoms with Crippen LogP contribution in [0.15, 0.2) is 47.4 Å². The zero-order valence-electron chi connectivity index (χ0n) is 15.5. The Morgan fingerprint density at radius 3 is 2.50 bits per heavy atom. The summed E-state index contributed by atoms with van der Waals surface area (Å²) in [6.07, 6.45) is -0.673. The van der Waals surface area contributed by atoms with E-state index < -0.39 is 16.2 Å². The lowest BCUT2D eigenvalue weighted by molar-refractivity contribution is 0.186. The molecule has 0 atom stereocenters. The fourth-order valence-corrected chi connectivity index (χ4v) is 3.40. The van der Waals surface area contributed by atoms with Crippen molar-refractivity contribution in [1.82, 2.24) is 9.97 Å². The highest BCUT2D eigenvalue weighted by Crippen LogP contribution is 2.24. The first-order valence-electron chi connectivity index (χ1n) is 8.42. The zero-order chi connectivity index (χ0) is 20.3. The van der Waals surface area contributed by atoms with Gasteiger partial charge in [0.15, 0.2) is 0 Å². The molecule has 28 heavy (non-hydrogen) atoms. The van der Waals surface area contributed by atoms with Gasteiger partial charge >= 0.3 is 16.2 Å². The van der Waals surface area contributed by atoms with Crippen molar-refractivity contribution in [2.45, 2.75) is 24.8 Å². The molecule has 0 radical (unpaired) electrons. The number of nitrogens with one attached hydrogen (secondary N) is 3. The quantitative estimate of drug-likeness (QED) is 0.539. The molecule has 1 amide bonds. The molecule has 9 nitrogen and oxygen atoms in total.